The Morgan fingerprint density at radius 1 is 1.05 bits per heavy atom. The fraction of sp³-hybridized carbons (Fsp3) is 0.188. The molecule has 0 fully saturated rings. The minimum absolute atomic E-state index is 0.559. The second-order valence-corrected chi connectivity index (χ2v) is 5.08. The van der Waals surface area contributed by atoms with Crippen LogP contribution in [0.2, 0.25) is 0 Å². The van der Waals surface area contributed by atoms with Gasteiger partial charge in [0.15, 0.2) is 11.0 Å². The topological polar surface area (TPSA) is 19.7 Å². The van der Waals surface area contributed by atoms with E-state index in [2.05, 4.69) is 4.98 Å². The van der Waals surface area contributed by atoms with Crippen LogP contribution in [-0.2, 0) is 13.2 Å². The number of para-hydroxylation sites is 2. The number of aromatic nitrogens is 2. The van der Waals surface area contributed by atoms with Gasteiger partial charge in [-0.2, -0.15) is 13.2 Å². The minimum Gasteiger partial charge on any atom is -0.236 e. The number of benzene rings is 2. The fourth-order valence-electron chi connectivity index (χ4n) is 2.51. The van der Waals surface area contributed by atoms with Crippen LogP contribution in [0.4, 0.5) is 13.2 Å². The van der Waals surface area contributed by atoms with Gasteiger partial charge in [-0.25, -0.2) is 9.55 Å². The van der Waals surface area contributed by atoms with E-state index in [1.165, 1.54) is 12.1 Å². The standard InChI is InChI=1S/C16H13F3N2/c1-10-7-8-11(16(17,18)19)9-12(10)15-20-13-5-3-4-6-14(13)21(15)2/h3-9H,1-2H3/p+1. The van der Waals surface area contributed by atoms with Crippen LogP contribution < -0.4 is 4.57 Å². The number of hydrogen-bond acceptors (Lipinski definition) is 0. The number of rotatable bonds is 1. The molecule has 0 radical (unpaired) electrons. The van der Waals surface area contributed by atoms with E-state index in [0.717, 1.165) is 22.7 Å². The molecular weight excluding hydrogens is 277 g/mol. The Morgan fingerprint density at radius 2 is 1.76 bits per heavy atom. The van der Waals surface area contributed by atoms with Crippen LogP contribution in [0, 0.1) is 6.92 Å². The first kappa shape index (κ1) is 13.7. The Labute approximate surface area is 119 Å². The van der Waals surface area contributed by atoms with Gasteiger partial charge in [0.1, 0.15) is 0 Å². The Morgan fingerprint density at radius 3 is 2.43 bits per heavy atom. The highest BCUT2D eigenvalue weighted by molar-refractivity contribution is 5.75. The number of nitrogens with zero attached hydrogens (tertiary/aromatic N) is 1. The average molecular weight is 291 g/mol. The molecule has 2 nitrogen and oxygen atoms in total. The first-order chi connectivity index (χ1) is 9.88. The Kier molecular flexibility index (Phi) is 3.01. The monoisotopic (exact) mass is 291 g/mol. The van der Waals surface area contributed by atoms with Crippen molar-refractivity contribution in [1.29, 1.82) is 0 Å². The van der Waals surface area contributed by atoms with Gasteiger partial charge >= 0.3 is 6.18 Å². The molecule has 0 aliphatic heterocycles. The number of H-pyrrole nitrogens is 1. The first-order valence-corrected chi connectivity index (χ1v) is 6.53. The van der Waals surface area contributed by atoms with Crippen LogP contribution in [-0.4, -0.2) is 4.98 Å². The number of hydrogen-bond donors (Lipinski definition) is 1. The quantitative estimate of drug-likeness (QED) is 0.654. The van der Waals surface area contributed by atoms with Crippen LogP contribution in [0.25, 0.3) is 22.4 Å². The van der Waals surface area contributed by atoms with Crippen molar-refractivity contribution >= 4 is 11.0 Å². The van der Waals surface area contributed by atoms with E-state index in [1.54, 1.807) is 6.92 Å². The maximum atomic E-state index is 12.9. The smallest absolute Gasteiger partial charge is 0.236 e. The molecule has 0 amide bonds. The van der Waals surface area contributed by atoms with Gasteiger partial charge in [-0.05, 0) is 36.8 Å². The number of aromatic amines is 1. The van der Waals surface area contributed by atoms with Crippen molar-refractivity contribution in [3.05, 3.63) is 53.6 Å². The molecule has 1 N–H and O–H groups in total. The highest BCUT2D eigenvalue weighted by Gasteiger charge is 2.32. The summed E-state index contributed by atoms with van der Waals surface area (Å²) in [6.45, 7) is 1.81. The summed E-state index contributed by atoms with van der Waals surface area (Å²) in [6, 6.07) is 11.4. The van der Waals surface area contributed by atoms with Crippen molar-refractivity contribution in [1.82, 2.24) is 4.98 Å². The van der Waals surface area contributed by atoms with Gasteiger partial charge in [0.2, 0.25) is 0 Å². The Balaban J connectivity index is 2.25. The van der Waals surface area contributed by atoms with Crippen LogP contribution >= 0.6 is 0 Å². The molecule has 5 heteroatoms. The van der Waals surface area contributed by atoms with Gasteiger partial charge in [-0.15, -0.1) is 0 Å². The molecule has 1 heterocycles. The van der Waals surface area contributed by atoms with Crippen molar-refractivity contribution in [2.45, 2.75) is 13.1 Å². The zero-order chi connectivity index (χ0) is 15.2. The van der Waals surface area contributed by atoms with E-state index in [1.807, 2.05) is 35.9 Å². The predicted molar refractivity (Wildman–Crippen MR) is 74.6 cm³/mol. The molecule has 3 aromatic rings. The van der Waals surface area contributed by atoms with E-state index in [4.69, 9.17) is 0 Å². The normalized spacial score (nSPS) is 12.0. The van der Waals surface area contributed by atoms with Gasteiger partial charge < -0.3 is 0 Å². The molecule has 2 aromatic carbocycles. The molecule has 0 saturated heterocycles. The summed E-state index contributed by atoms with van der Waals surface area (Å²) >= 11 is 0. The van der Waals surface area contributed by atoms with Crippen molar-refractivity contribution in [3.63, 3.8) is 0 Å². The summed E-state index contributed by atoms with van der Waals surface area (Å²) in [4.78, 5) is 3.20. The fourth-order valence-corrected chi connectivity index (χ4v) is 2.51. The third-order valence-corrected chi connectivity index (χ3v) is 3.67. The number of alkyl halides is 3. The SMILES string of the molecule is Cc1ccc(C(F)(F)F)cc1-c1[nH]c2ccccc2[n+]1C. The highest BCUT2D eigenvalue weighted by Crippen LogP contribution is 2.33. The molecule has 0 aliphatic carbocycles. The molecule has 1 aromatic heterocycles. The number of imidazole rings is 1. The third kappa shape index (κ3) is 2.28. The van der Waals surface area contributed by atoms with Gasteiger partial charge in [-0.3, -0.25) is 0 Å². The van der Waals surface area contributed by atoms with Gasteiger partial charge in [0.25, 0.3) is 5.82 Å². The zero-order valence-electron chi connectivity index (χ0n) is 11.6. The number of fused-ring (bicyclic) bond motifs is 1. The summed E-state index contributed by atoms with van der Waals surface area (Å²) in [5.74, 6) is 0.666. The zero-order valence-corrected chi connectivity index (χ0v) is 11.6. The number of aryl methyl sites for hydroxylation is 2. The van der Waals surface area contributed by atoms with Crippen molar-refractivity contribution in [3.8, 4) is 11.4 Å². The van der Waals surface area contributed by atoms with Crippen molar-refractivity contribution in [2.24, 2.45) is 7.05 Å². The maximum absolute atomic E-state index is 12.9. The van der Waals surface area contributed by atoms with Crippen molar-refractivity contribution in [2.75, 3.05) is 0 Å². The lowest BCUT2D eigenvalue weighted by Crippen LogP contribution is -2.29. The van der Waals surface area contributed by atoms with Crippen LogP contribution in [0.15, 0.2) is 42.5 Å². The Bertz CT molecular complexity index is 816. The molecule has 108 valence electrons. The molecule has 3 rings (SSSR count). The van der Waals surface area contributed by atoms with Crippen molar-refractivity contribution < 1.29 is 17.7 Å². The van der Waals surface area contributed by atoms with Gasteiger partial charge in [0.05, 0.1) is 18.2 Å². The first-order valence-electron chi connectivity index (χ1n) is 6.53. The Hall–Kier alpha value is -2.30. The molecule has 0 bridgehead atoms. The molecule has 0 spiro atoms. The summed E-state index contributed by atoms with van der Waals surface area (Å²) in [5.41, 5.74) is 2.56. The third-order valence-electron chi connectivity index (χ3n) is 3.67. The van der Waals surface area contributed by atoms with E-state index < -0.39 is 11.7 Å². The number of nitrogens with one attached hydrogen (secondary N) is 1. The van der Waals surface area contributed by atoms with Gasteiger partial charge in [0, 0.05) is 0 Å². The van der Waals surface area contributed by atoms with E-state index >= 15 is 0 Å². The molecule has 0 aliphatic rings. The minimum atomic E-state index is -4.34. The molecule has 0 unspecified atom stereocenters. The average Bonchev–Trinajstić information content (AvgIpc) is 2.76. The summed E-state index contributed by atoms with van der Waals surface area (Å²) in [7, 11) is 1.84. The second-order valence-electron chi connectivity index (χ2n) is 5.08. The van der Waals surface area contributed by atoms with E-state index in [-0.39, 0.29) is 0 Å². The van der Waals surface area contributed by atoms with Crippen LogP contribution in [0.5, 0.6) is 0 Å². The summed E-state index contributed by atoms with van der Waals surface area (Å²) in [6.07, 6.45) is -4.34. The van der Waals surface area contributed by atoms with E-state index in [0.29, 0.717) is 11.4 Å². The molecule has 0 atom stereocenters. The highest BCUT2D eigenvalue weighted by atomic mass is 19.4. The number of halogens is 3. The molecule has 21 heavy (non-hydrogen) atoms. The summed E-state index contributed by atoms with van der Waals surface area (Å²) in [5, 5.41) is 0. The lowest BCUT2D eigenvalue weighted by molar-refractivity contribution is -0.633. The lowest BCUT2D eigenvalue weighted by atomic mass is 10.0. The lowest BCUT2D eigenvalue weighted by Gasteiger charge is -2.09. The largest absolute Gasteiger partial charge is 0.416 e. The molecular formula is C16H14F3N2+. The molecule has 0 saturated carbocycles. The van der Waals surface area contributed by atoms with Crippen LogP contribution in [0.3, 0.4) is 0 Å². The van der Waals surface area contributed by atoms with Crippen LogP contribution in [0.1, 0.15) is 11.1 Å². The maximum Gasteiger partial charge on any atom is 0.416 e. The predicted octanol–water partition coefficient (Wildman–Crippen LogP) is 3.99. The summed E-state index contributed by atoms with van der Waals surface area (Å²) < 4.78 is 40.6. The second kappa shape index (κ2) is 4.62. The van der Waals surface area contributed by atoms with Gasteiger partial charge in [-0.1, -0.05) is 18.2 Å². The van der Waals surface area contributed by atoms with E-state index in [9.17, 15) is 13.2 Å².